The molecule has 4 rings (SSSR count). The number of hydrogen-bond donors (Lipinski definition) is 0. The molecule has 0 spiro atoms. The van der Waals surface area contributed by atoms with Crippen LogP contribution in [-0.4, -0.2) is 22.6 Å². The number of aryl methyl sites for hydroxylation is 1. The Balaban J connectivity index is 1.53. The molecule has 3 aromatic rings. The van der Waals surface area contributed by atoms with Gasteiger partial charge in [0.05, 0.1) is 6.61 Å². The van der Waals surface area contributed by atoms with E-state index in [9.17, 15) is 4.39 Å². The molecular weight excluding hydrogens is 315 g/mol. The van der Waals surface area contributed by atoms with Crippen LogP contribution in [0.25, 0.3) is 5.69 Å². The maximum atomic E-state index is 13.1. The lowest BCUT2D eigenvalue weighted by atomic mass is 10.1. The minimum atomic E-state index is -0.223. The van der Waals surface area contributed by atoms with Crippen LogP contribution in [0, 0.1) is 12.7 Å². The van der Waals surface area contributed by atoms with Gasteiger partial charge in [-0.15, -0.1) is 0 Å². The molecule has 1 aliphatic heterocycles. The summed E-state index contributed by atoms with van der Waals surface area (Å²) in [5, 5.41) is 0. The normalized spacial score (nSPS) is 17.9. The van der Waals surface area contributed by atoms with Crippen molar-refractivity contribution in [2.75, 3.05) is 13.2 Å². The van der Waals surface area contributed by atoms with Gasteiger partial charge < -0.3 is 9.30 Å². The van der Waals surface area contributed by atoms with Crippen LogP contribution >= 0.6 is 0 Å². The summed E-state index contributed by atoms with van der Waals surface area (Å²) in [6, 6.07) is 17.2. The first-order valence-corrected chi connectivity index (χ1v) is 8.54. The number of benzene rings is 2. The second kappa shape index (κ2) is 6.82. The van der Waals surface area contributed by atoms with E-state index < -0.39 is 0 Å². The van der Waals surface area contributed by atoms with Gasteiger partial charge in [-0.2, -0.15) is 0 Å². The number of rotatable bonds is 4. The zero-order chi connectivity index (χ0) is 17.2. The zero-order valence-electron chi connectivity index (χ0n) is 14.2. The van der Waals surface area contributed by atoms with Crippen LogP contribution in [-0.2, 0) is 11.3 Å². The van der Waals surface area contributed by atoms with E-state index in [4.69, 9.17) is 4.74 Å². The molecule has 0 N–H and O–H groups in total. The fourth-order valence-corrected chi connectivity index (χ4v) is 3.35. The van der Waals surface area contributed by atoms with Crippen LogP contribution in [0.1, 0.15) is 22.9 Å². The van der Waals surface area contributed by atoms with Gasteiger partial charge in [0, 0.05) is 36.7 Å². The van der Waals surface area contributed by atoms with Gasteiger partial charge in [0.15, 0.2) is 0 Å². The molecule has 1 aliphatic rings. The van der Waals surface area contributed by atoms with Gasteiger partial charge in [-0.1, -0.05) is 29.8 Å². The molecule has 25 heavy (non-hydrogen) atoms. The topological polar surface area (TPSA) is 17.4 Å². The summed E-state index contributed by atoms with van der Waals surface area (Å²) in [4.78, 5) is 2.35. The Morgan fingerprint density at radius 1 is 1.12 bits per heavy atom. The van der Waals surface area contributed by atoms with Crippen LogP contribution in [0.5, 0.6) is 0 Å². The molecule has 0 bridgehead atoms. The molecule has 1 aromatic heterocycles. The minimum Gasteiger partial charge on any atom is -0.357 e. The van der Waals surface area contributed by atoms with Gasteiger partial charge in [-0.05, 0) is 42.8 Å². The lowest BCUT2D eigenvalue weighted by Gasteiger charge is -2.22. The molecule has 0 aliphatic carbocycles. The van der Waals surface area contributed by atoms with Crippen molar-refractivity contribution >= 4 is 0 Å². The average molecular weight is 336 g/mol. The van der Waals surface area contributed by atoms with Gasteiger partial charge in [-0.3, -0.25) is 4.90 Å². The Morgan fingerprint density at radius 3 is 2.76 bits per heavy atom. The highest BCUT2D eigenvalue weighted by molar-refractivity contribution is 5.34. The van der Waals surface area contributed by atoms with E-state index in [1.165, 1.54) is 23.3 Å². The van der Waals surface area contributed by atoms with E-state index in [2.05, 4.69) is 48.4 Å². The highest BCUT2D eigenvalue weighted by atomic mass is 19.1. The molecule has 0 unspecified atom stereocenters. The molecular formula is C21H21FN2O. The van der Waals surface area contributed by atoms with Crippen molar-refractivity contribution in [2.45, 2.75) is 19.7 Å². The number of hydrogen-bond acceptors (Lipinski definition) is 2. The number of ether oxygens (including phenoxy) is 1. The quantitative estimate of drug-likeness (QED) is 0.700. The van der Waals surface area contributed by atoms with E-state index in [-0.39, 0.29) is 12.0 Å². The van der Waals surface area contributed by atoms with Crippen molar-refractivity contribution in [3.63, 3.8) is 0 Å². The molecule has 128 valence electrons. The number of halogens is 1. The highest BCUT2D eigenvalue weighted by Crippen LogP contribution is 2.29. The Kier molecular flexibility index (Phi) is 4.38. The Hall–Kier alpha value is -2.43. The van der Waals surface area contributed by atoms with Crippen molar-refractivity contribution in [1.82, 2.24) is 9.47 Å². The number of nitrogens with zero attached hydrogens (tertiary/aromatic N) is 2. The molecule has 1 atom stereocenters. The third kappa shape index (κ3) is 3.50. The van der Waals surface area contributed by atoms with Crippen molar-refractivity contribution in [3.05, 3.63) is 89.5 Å². The second-order valence-electron chi connectivity index (χ2n) is 6.51. The summed E-state index contributed by atoms with van der Waals surface area (Å²) in [5.41, 5.74) is 4.63. The summed E-state index contributed by atoms with van der Waals surface area (Å²) in [7, 11) is 0. The predicted octanol–water partition coefficient (Wildman–Crippen LogP) is 4.46. The highest BCUT2D eigenvalue weighted by Gasteiger charge is 2.27. The summed E-state index contributed by atoms with van der Waals surface area (Å²) in [5.74, 6) is -0.223. The Morgan fingerprint density at radius 2 is 1.96 bits per heavy atom. The molecule has 2 heterocycles. The summed E-state index contributed by atoms with van der Waals surface area (Å²) < 4.78 is 21.1. The average Bonchev–Trinajstić information content (AvgIpc) is 3.25. The van der Waals surface area contributed by atoms with E-state index in [0.29, 0.717) is 0 Å². The zero-order valence-corrected chi connectivity index (χ0v) is 14.2. The van der Waals surface area contributed by atoms with E-state index >= 15 is 0 Å². The summed E-state index contributed by atoms with van der Waals surface area (Å²) in [6.45, 7) is 4.64. The standard InChI is InChI=1S/C21H21FN2O/c1-16-3-2-4-17(13-16)14-24-11-12-25-21(24)18-9-10-23(15-18)20-7-5-19(22)6-8-20/h2-10,13,15,21H,11-12,14H2,1H3/t21-/m1/s1. The van der Waals surface area contributed by atoms with Crippen molar-refractivity contribution in [3.8, 4) is 5.69 Å². The van der Waals surface area contributed by atoms with Crippen LogP contribution in [0.2, 0.25) is 0 Å². The molecule has 2 aromatic carbocycles. The maximum absolute atomic E-state index is 13.1. The minimum absolute atomic E-state index is 0.0396. The van der Waals surface area contributed by atoms with Gasteiger partial charge in [0.25, 0.3) is 0 Å². The Labute approximate surface area is 147 Å². The van der Waals surface area contributed by atoms with Gasteiger partial charge >= 0.3 is 0 Å². The number of aromatic nitrogens is 1. The molecule has 1 fully saturated rings. The van der Waals surface area contributed by atoms with Crippen LogP contribution in [0.15, 0.2) is 67.0 Å². The first-order chi connectivity index (χ1) is 12.2. The van der Waals surface area contributed by atoms with E-state index in [1.54, 1.807) is 12.1 Å². The van der Waals surface area contributed by atoms with E-state index in [0.717, 1.165) is 30.9 Å². The summed E-state index contributed by atoms with van der Waals surface area (Å²) in [6.07, 6.45) is 4.02. The van der Waals surface area contributed by atoms with Crippen LogP contribution in [0.4, 0.5) is 4.39 Å². The molecule has 0 saturated carbocycles. The van der Waals surface area contributed by atoms with Crippen molar-refractivity contribution in [1.29, 1.82) is 0 Å². The van der Waals surface area contributed by atoms with Crippen molar-refractivity contribution < 1.29 is 9.13 Å². The molecule has 4 heteroatoms. The first-order valence-electron chi connectivity index (χ1n) is 8.54. The van der Waals surface area contributed by atoms with Gasteiger partial charge in [0.1, 0.15) is 12.0 Å². The Bertz CT molecular complexity index is 856. The third-order valence-electron chi connectivity index (χ3n) is 4.58. The van der Waals surface area contributed by atoms with Crippen LogP contribution in [0.3, 0.4) is 0 Å². The molecule has 1 saturated heterocycles. The van der Waals surface area contributed by atoms with Crippen LogP contribution < -0.4 is 0 Å². The predicted molar refractivity (Wildman–Crippen MR) is 96.0 cm³/mol. The van der Waals surface area contributed by atoms with E-state index in [1.807, 2.05) is 10.8 Å². The lowest BCUT2D eigenvalue weighted by Crippen LogP contribution is -2.23. The molecule has 0 amide bonds. The lowest BCUT2D eigenvalue weighted by molar-refractivity contribution is 0.0288. The fraction of sp³-hybridized carbons (Fsp3) is 0.238. The SMILES string of the molecule is Cc1cccc(CN2CCO[C@@H]2c2ccn(-c3ccc(F)cc3)c2)c1. The smallest absolute Gasteiger partial charge is 0.138 e. The summed E-state index contributed by atoms with van der Waals surface area (Å²) >= 11 is 0. The third-order valence-corrected chi connectivity index (χ3v) is 4.58. The van der Waals surface area contributed by atoms with Crippen molar-refractivity contribution in [2.24, 2.45) is 0 Å². The molecule has 3 nitrogen and oxygen atoms in total. The largest absolute Gasteiger partial charge is 0.357 e. The fourth-order valence-electron chi connectivity index (χ4n) is 3.35. The van der Waals surface area contributed by atoms with Gasteiger partial charge in [0.2, 0.25) is 0 Å². The maximum Gasteiger partial charge on any atom is 0.138 e. The molecule has 0 radical (unpaired) electrons. The first kappa shape index (κ1) is 16.1. The second-order valence-corrected chi connectivity index (χ2v) is 6.51. The van der Waals surface area contributed by atoms with Gasteiger partial charge in [-0.25, -0.2) is 4.39 Å². The monoisotopic (exact) mass is 336 g/mol.